The van der Waals surface area contributed by atoms with Crippen LogP contribution in [-0.4, -0.2) is 64.8 Å². The van der Waals surface area contributed by atoms with Gasteiger partial charge in [-0.3, -0.25) is 29.4 Å². The molecule has 1 fully saturated rings. The number of nitrogens with zero attached hydrogens (tertiary/aromatic N) is 3. The van der Waals surface area contributed by atoms with Crippen LogP contribution < -0.4 is 5.43 Å². The van der Waals surface area contributed by atoms with Crippen LogP contribution in [0.3, 0.4) is 0 Å². The highest BCUT2D eigenvalue weighted by Crippen LogP contribution is 2.21. The smallest absolute Gasteiger partial charge is 0.270 e. The van der Waals surface area contributed by atoms with Gasteiger partial charge in [0.1, 0.15) is 0 Å². The third-order valence-electron chi connectivity index (χ3n) is 6.41. The number of aryl methyl sites for hydroxylation is 1. The number of benzene rings is 1. The summed E-state index contributed by atoms with van der Waals surface area (Å²) in [5.41, 5.74) is 5.59. The molecule has 1 aliphatic heterocycles. The highest BCUT2D eigenvalue weighted by molar-refractivity contribution is 6.01. The lowest BCUT2D eigenvalue weighted by Gasteiger charge is -2.33. The number of ketones is 1. The largest absolute Gasteiger partial charge is 0.343 e. The molecule has 0 aliphatic carbocycles. The Bertz CT molecular complexity index is 973. The average Bonchev–Trinajstić information content (AvgIpc) is 3.07. The van der Waals surface area contributed by atoms with Crippen molar-refractivity contribution in [3.63, 3.8) is 0 Å². The maximum Gasteiger partial charge on any atom is 0.270 e. The number of rotatable bonds is 7. The normalized spacial score (nSPS) is 15.1. The highest BCUT2D eigenvalue weighted by Gasteiger charge is 2.29. The molecule has 1 N–H and O–H groups in total. The first-order chi connectivity index (χ1) is 15.2. The molecule has 0 radical (unpaired) electrons. The van der Waals surface area contributed by atoms with E-state index < -0.39 is 0 Å². The maximum atomic E-state index is 13.0. The number of likely N-dealkylation sites (tertiary alicyclic amines) is 1. The monoisotopic (exact) mass is 438 g/mol. The van der Waals surface area contributed by atoms with Gasteiger partial charge in [0.2, 0.25) is 5.91 Å². The van der Waals surface area contributed by atoms with Crippen LogP contribution in [0.15, 0.2) is 36.4 Å². The molecular formula is C25H34N4O3. The molecule has 0 bridgehead atoms. The zero-order chi connectivity index (χ0) is 23.4. The molecule has 0 unspecified atom stereocenters. The number of carbonyl (C=O) groups excluding carboxylic acids is 3. The van der Waals surface area contributed by atoms with E-state index in [1.165, 1.54) is 0 Å². The fourth-order valence-corrected chi connectivity index (χ4v) is 4.14. The zero-order valence-corrected chi connectivity index (χ0v) is 19.7. The molecule has 1 aromatic carbocycles. The molecule has 1 saturated heterocycles. The Morgan fingerprint density at radius 2 is 1.72 bits per heavy atom. The first-order valence-electron chi connectivity index (χ1n) is 11.3. The minimum atomic E-state index is -0.218. The molecule has 172 valence electrons. The zero-order valence-electron chi connectivity index (χ0n) is 19.7. The van der Waals surface area contributed by atoms with E-state index in [1.54, 1.807) is 16.8 Å². The molecule has 2 aromatic rings. The van der Waals surface area contributed by atoms with E-state index in [4.69, 9.17) is 0 Å². The first-order valence-corrected chi connectivity index (χ1v) is 11.3. The third-order valence-corrected chi connectivity index (χ3v) is 6.41. The molecule has 0 atom stereocenters. The van der Waals surface area contributed by atoms with Crippen molar-refractivity contribution in [1.82, 2.24) is 14.5 Å². The summed E-state index contributed by atoms with van der Waals surface area (Å²) in [6, 6.07) is 11.0. The number of carbonyl (C=O) groups is 3. The van der Waals surface area contributed by atoms with E-state index in [0.717, 1.165) is 37.3 Å². The molecule has 7 heteroatoms. The minimum Gasteiger partial charge on any atom is -0.343 e. The van der Waals surface area contributed by atoms with E-state index >= 15 is 0 Å². The molecule has 0 spiro atoms. The van der Waals surface area contributed by atoms with Crippen molar-refractivity contribution in [2.45, 2.75) is 46.6 Å². The quantitative estimate of drug-likeness (QED) is 0.674. The molecule has 7 nitrogen and oxygen atoms in total. The van der Waals surface area contributed by atoms with Gasteiger partial charge in [0.05, 0.1) is 6.54 Å². The molecule has 1 aliphatic rings. The van der Waals surface area contributed by atoms with Crippen LogP contribution in [0.5, 0.6) is 0 Å². The Labute approximate surface area is 190 Å². The molecule has 2 amide bonds. The van der Waals surface area contributed by atoms with E-state index in [0.29, 0.717) is 17.7 Å². The van der Waals surface area contributed by atoms with E-state index in [-0.39, 0.29) is 29.6 Å². The number of piperidine rings is 1. The SMILES string of the molecule is Cc1cc(C(=O)CN2CCC(C(=O)N(C)C(C)C)CC2)c(C)n1NC(=O)c1ccccc1. The van der Waals surface area contributed by atoms with Crippen molar-refractivity contribution in [2.24, 2.45) is 5.92 Å². The summed E-state index contributed by atoms with van der Waals surface area (Å²) in [4.78, 5) is 42.1. The van der Waals surface area contributed by atoms with Crippen LogP contribution in [0.25, 0.3) is 0 Å². The van der Waals surface area contributed by atoms with Gasteiger partial charge >= 0.3 is 0 Å². The summed E-state index contributed by atoms with van der Waals surface area (Å²) in [5.74, 6) is 0.0441. The van der Waals surface area contributed by atoms with Crippen LogP contribution in [0.4, 0.5) is 0 Å². The topological polar surface area (TPSA) is 74.7 Å². The van der Waals surface area contributed by atoms with Gasteiger partial charge in [0.15, 0.2) is 5.78 Å². The maximum absolute atomic E-state index is 13.0. The van der Waals surface area contributed by atoms with Gasteiger partial charge in [-0.05, 0) is 71.8 Å². The second-order valence-corrected chi connectivity index (χ2v) is 8.94. The lowest BCUT2D eigenvalue weighted by molar-refractivity contribution is -0.137. The average molecular weight is 439 g/mol. The minimum absolute atomic E-state index is 0.0300. The number of aromatic nitrogens is 1. The van der Waals surface area contributed by atoms with Crippen molar-refractivity contribution in [1.29, 1.82) is 0 Å². The Morgan fingerprint density at radius 3 is 2.31 bits per heavy atom. The van der Waals surface area contributed by atoms with Crippen LogP contribution in [0.1, 0.15) is 58.8 Å². The summed E-state index contributed by atoms with van der Waals surface area (Å²) in [6.45, 7) is 9.54. The van der Waals surface area contributed by atoms with Gasteiger partial charge < -0.3 is 4.90 Å². The standard InChI is InChI=1S/C25H34N4O3/c1-17(2)27(5)25(32)21-11-13-28(14-12-21)16-23(30)22-15-18(3)29(19(22)4)26-24(31)20-9-7-6-8-10-20/h6-10,15,17,21H,11-14,16H2,1-5H3,(H,26,31). The fraction of sp³-hybridized carbons (Fsp3) is 0.480. The highest BCUT2D eigenvalue weighted by atomic mass is 16.2. The van der Waals surface area contributed by atoms with Gasteiger partial charge in [-0.25, -0.2) is 0 Å². The number of hydrogen-bond acceptors (Lipinski definition) is 4. The van der Waals surface area contributed by atoms with Gasteiger partial charge in [0.25, 0.3) is 5.91 Å². The lowest BCUT2D eigenvalue weighted by atomic mass is 9.94. The van der Waals surface area contributed by atoms with E-state index in [1.807, 2.05) is 63.9 Å². The van der Waals surface area contributed by atoms with Gasteiger partial charge in [-0.1, -0.05) is 18.2 Å². The molecule has 3 rings (SSSR count). The lowest BCUT2D eigenvalue weighted by Crippen LogP contribution is -2.44. The van der Waals surface area contributed by atoms with Crippen LogP contribution >= 0.6 is 0 Å². The second kappa shape index (κ2) is 10.1. The molecule has 2 heterocycles. The molecule has 1 aromatic heterocycles. The molecular weight excluding hydrogens is 404 g/mol. The predicted octanol–water partition coefficient (Wildman–Crippen LogP) is 3.25. The summed E-state index contributed by atoms with van der Waals surface area (Å²) >= 11 is 0. The Morgan fingerprint density at radius 1 is 1.09 bits per heavy atom. The molecule has 32 heavy (non-hydrogen) atoms. The molecule has 0 saturated carbocycles. The fourth-order valence-electron chi connectivity index (χ4n) is 4.14. The van der Waals surface area contributed by atoms with Gasteiger partial charge in [-0.2, -0.15) is 0 Å². The van der Waals surface area contributed by atoms with Crippen molar-refractivity contribution in [2.75, 3.05) is 32.1 Å². The number of Topliss-reactive ketones (excluding diaryl/α,β-unsaturated/α-hetero) is 1. The van der Waals surface area contributed by atoms with Gasteiger partial charge in [-0.15, -0.1) is 0 Å². The second-order valence-electron chi connectivity index (χ2n) is 8.94. The predicted molar refractivity (Wildman–Crippen MR) is 125 cm³/mol. The van der Waals surface area contributed by atoms with Crippen molar-refractivity contribution >= 4 is 17.6 Å². The Kier molecular flexibility index (Phi) is 7.51. The van der Waals surface area contributed by atoms with Crippen molar-refractivity contribution in [3.05, 3.63) is 58.9 Å². The number of amides is 2. The van der Waals surface area contributed by atoms with E-state index in [2.05, 4.69) is 10.3 Å². The van der Waals surface area contributed by atoms with E-state index in [9.17, 15) is 14.4 Å². The summed E-state index contributed by atoms with van der Waals surface area (Å²) in [6.07, 6.45) is 1.55. The Balaban J connectivity index is 1.60. The Hall–Kier alpha value is -2.93. The first kappa shape index (κ1) is 23.7. The number of nitrogens with one attached hydrogen (secondary N) is 1. The summed E-state index contributed by atoms with van der Waals surface area (Å²) < 4.78 is 1.68. The third kappa shape index (κ3) is 5.27. The summed E-state index contributed by atoms with van der Waals surface area (Å²) in [5, 5.41) is 0. The van der Waals surface area contributed by atoms with Crippen LogP contribution in [0.2, 0.25) is 0 Å². The van der Waals surface area contributed by atoms with Crippen LogP contribution in [-0.2, 0) is 4.79 Å². The van der Waals surface area contributed by atoms with Crippen molar-refractivity contribution in [3.8, 4) is 0 Å². The number of hydrogen-bond donors (Lipinski definition) is 1. The van der Waals surface area contributed by atoms with Crippen molar-refractivity contribution < 1.29 is 14.4 Å². The van der Waals surface area contributed by atoms with Gasteiger partial charge in [0, 0.05) is 41.5 Å². The summed E-state index contributed by atoms with van der Waals surface area (Å²) in [7, 11) is 1.86. The van der Waals surface area contributed by atoms with Crippen LogP contribution in [0, 0.1) is 19.8 Å².